The maximum Gasteiger partial charge on any atom is 0.261 e. The van der Waals surface area contributed by atoms with Crippen molar-refractivity contribution in [1.29, 1.82) is 0 Å². The van der Waals surface area contributed by atoms with Crippen molar-refractivity contribution in [2.45, 2.75) is 12.5 Å². The van der Waals surface area contributed by atoms with Crippen LogP contribution in [-0.2, 0) is 11.4 Å². The van der Waals surface area contributed by atoms with Crippen LogP contribution in [0.1, 0.15) is 37.8 Å². The predicted octanol–water partition coefficient (Wildman–Crippen LogP) is 3.95. The number of amides is 3. The Kier molecular flexibility index (Phi) is 5.64. The molecule has 1 aliphatic rings. The number of hydrogen-bond donors (Lipinski definition) is 2. The SMILES string of the molecule is O=C(Nc1cc2c(F)cncc2s1)C(CN1C(=O)c2ccccc2C1=O)c1ccc(CO)cc1. The van der Waals surface area contributed by atoms with Crippen molar-refractivity contribution in [3.63, 3.8) is 0 Å². The molecule has 0 radical (unpaired) electrons. The average molecular weight is 476 g/mol. The number of rotatable bonds is 6. The topological polar surface area (TPSA) is 99.6 Å². The first-order chi connectivity index (χ1) is 16.5. The third-order valence-corrected chi connectivity index (χ3v) is 6.75. The van der Waals surface area contributed by atoms with Gasteiger partial charge in [-0.15, -0.1) is 11.3 Å². The lowest BCUT2D eigenvalue weighted by Gasteiger charge is -2.22. The van der Waals surface area contributed by atoms with Crippen molar-refractivity contribution in [3.05, 3.63) is 95.1 Å². The molecule has 4 aromatic rings. The molecule has 0 saturated carbocycles. The lowest BCUT2D eigenvalue weighted by Crippen LogP contribution is -2.38. The van der Waals surface area contributed by atoms with Gasteiger partial charge in [-0.25, -0.2) is 4.39 Å². The minimum Gasteiger partial charge on any atom is -0.392 e. The molecule has 7 nitrogen and oxygen atoms in total. The molecular weight excluding hydrogens is 457 g/mol. The van der Waals surface area contributed by atoms with Gasteiger partial charge in [0.25, 0.3) is 11.8 Å². The second-order valence-electron chi connectivity index (χ2n) is 7.85. The number of halogens is 1. The monoisotopic (exact) mass is 475 g/mol. The summed E-state index contributed by atoms with van der Waals surface area (Å²) in [6.45, 7) is -0.325. The summed E-state index contributed by atoms with van der Waals surface area (Å²) in [4.78, 5) is 44.1. The largest absolute Gasteiger partial charge is 0.392 e. The van der Waals surface area contributed by atoms with Crippen molar-refractivity contribution in [1.82, 2.24) is 9.88 Å². The normalized spacial score (nSPS) is 13.9. The number of nitrogens with zero attached hydrogens (tertiary/aromatic N) is 2. The van der Waals surface area contributed by atoms with Gasteiger partial charge >= 0.3 is 0 Å². The number of fused-ring (bicyclic) bond motifs is 2. The van der Waals surface area contributed by atoms with Crippen LogP contribution >= 0.6 is 11.3 Å². The third-order valence-electron chi connectivity index (χ3n) is 5.77. The summed E-state index contributed by atoms with van der Waals surface area (Å²) in [6, 6.07) is 14.8. The molecule has 0 fully saturated rings. The van der Waals surface area contributed by atoms with E-state index in [2.05, 4.69) is 10.3 Å². The number of carbonyl (C=O) groups is 3. The number of pyridine rings is 1. The average Bonchev–Trinajstić information content (AvgIpc) is 3.37. The summed E-state index contributed by atoms with van der Waals surface area (Å²) in [7, 11) is 0. The first-order valence-electron chi connectivity index (χ1n) is 10.4. The van der Waals surface area contributed by atoms with Gasteiger partial charge in [0.1, 0.15) is 5.82 Å². The van der Waals surface area contributed by atoms with E-state index in [0.29, 0.717) is 37.3 Å². The number of carbonyl (C=O) groups excluding carboxylic acids is 3. The zero-order valence-corrected chi connectivity index (χ0v) is 18.5. The number of imide groups is 1. The molecule has 2 aromatic carbocycles. The fourth-order valence-electron chi connectivity index (χ4n) is 3.98. The number of hydrogen-bond acceptors (Lipinski definition) is 6. The van der Waals surface area contributed by atoms with Crippen LogP contribution in [0.2, 0.25) is 0 Å². The first kappa shape index (κ1) is 21.9. The van der Waals surface area contributed by atoms with Gasteiger partial charge in [-0.3, -0.25) is 24.3 Å². The molecule has 1 unspecified atom stereocenters. The zero-order valence-electron chi connectivity index (χ0n) is 17.7. The molecule has 3 heterocycles. The number of aromatic nitrogens is 1. The van der Waals surface area contributed by atoms with Crippen molar-refractivity contribution < 1.29 is 23.9 Å². The lowest BCUT2D eigenvalue weighted by atomic mass is 9.96. The number of aliphatic hydroxyl groups excluding tert-OH is 1. The molecule has 3 amide bonds. The maximum atomic E-state index is 14.0. The van der Waals surface area contributed by atoms with Crippen LogP contribution in [0.25, 0.3) is 10.1 Å². The van der Waals surface area contributed by atoms with E-state index in [0.717, 1.165) is 11.1 Å². The second-order valence-corrected chi connectivity index (χ2v) is 8.94. The zero-order chi connectivity index (χ0) is 23.8. The Morgan fingerprint density at radius 1 is 1.06 bits per heavy atom. The standard InChI is InChI=1S/C25H18FN3O4S/c26-20-10-27-11-21-18(20)9-22(34-21)28-23(31)19(15-7-5-14(13-30)6-8-15)12-29-24(32)16-3-1-2-4-17(16)25(29)33/h1-11,19,30H,12-13H2,(H,28,31). The van der Waals surface area contributed by atoms with Gasteiger partial charge in [0.2, 0.25) is 5.91 Å². The maximum absolute atomic E-state index is 14.0. The van der Waals surface area contributed by atoms with E-state index in [1.165, 1.54) is 23.6 Å². The highest BCUT2D eigenvalue weighted by molar-refractivity contribution is 7.22. The summed E-state index contributed by atoms with van der Waals surface area (Å²) in [5, 5.41) is 12.9. The van der Waals surface area contributed by atoms with Gasteiger partial charge in [0.05, 0.1) is 39.5 Å². The number of benzene rings is 2. The Hall–Kier alpha value is -3.95. The minimum atomic E-state index is -0.886. The van der Waals surface area contributed by atoms with Crippen LogP contribution in [0.4, 0.5) is 9.39 Å². The molecular formula is C25H18FN3O4S. The summed E-state index contributed by atoms with van der Waals surface area (Å²) < 4.78 is 14.6. The quantitative estimate of drug-likeness (QED) is 0.412. The van der Waals surface area contributed by atoms with E-state index in [4.69, 9.17) is 0 Å². The first-order valence-corrected chi connectivity index (χ1v) is 11.3. The van der Waals surface area contributed by atoms with Crippen LogP contribution in [0.5, 0.6) is 0 Å². The Balaban J connectivity index is 1.46. The number of aliphatic hydroxyl groups is 1. The molecule has 34 heavy (non-hydrogen) atoms. The number of thiophene rings is 1. The van der Waals surface area contributed by atoms with E-state index in [1.807, 2.05) is 0 Å². The number of anilines is 1. The van der Waals surface area contributed by atoms with Gasteiger partial charge in [0, 0.05) is 18.1 Å². The highest BCUT2D eigenvalue weighted by Crippen LogP contribution is 2.32. The summed E-state index contributed by atoms with van der Waals surface area (Å²) in [6.07, 6.45) is 2.62. The minimum absolute atomic E-state index is 0.156. The highest BCUT2D eigenvalue weighted by atomic mass is 32.1. The molecule has 170 valence electrons. The smallest absolute Gasteiger partial charge is 0.261 e. The molecule has 2 aromatic heterocycles. The van der Waals surface area contributed by atoms with Crippen molar-refractivity contribution in [2.24, 2.45) is 0 Å². The van der Waals surface area contributed by atoms with Crippen LogP contribution in [0.3, 0.4) is 0 Å². The van der Waals surface area contributed by atoms with E-state index < -0.39 is 29.5 Å². The van der Waals surface area contributed by atoms with Gasteiger partial charge in [-0.1, -0.05) is 36.4 Å². The van der Waals surface area contributed by atoms with Crippen molar-refractivity contribution in [3.8, 4) is 0 Å². The predicted molar refractivity (Wildman–Crippen MR) is 125 cm³/mol. The summed E-state index contributed by atoms with van der Waals surface area (Å²) >= 11 is 1.18. The lowest BCUT2D eigenvalue weighted by molar-refractivity contribution is -0.117. The number of nitrogens with one attached hydrogen (secondary N) is 1. The molecule has 0 aliphatic carbocycles. The third kappa shape index (κ3) is 3.85. The second kappa shape index (κ2) is 8.77. The van der Waals surface area contributed by atoms with Gasteiger partial charge in [-0.05, 0) is 29.3 Å². The molecule has 0 bridgehead atoms. The van der Waals surface area contributed by atoms with Crippen LogP contribution < -0.4 is 5.32 Å². The fourth-order valence-corrected chi connectivity index (χ4v) is 4.93. The molecule has 0 saturated heterocycles. The van der Waals surface area contributed by atoms with E-state index in [-0.39, 0.29) is 13.2 Å². The Bertz CT molecular complexity index is 1400. The van der Waals surface area contributed by atoms with Crippen LogP contribution in [0.15, 0.2) is 67.0 Å². The molecule has 0 spiro atoms. The van der Waals surface area contributed by atoms with Gasteiger partial charge < -0.3 is 10.4 Å². The van der Waals surface area contributed by atoms with Crippen LogP contribution in [-0.4, -0.2) is 39.3 Å². The van der Waals surface area contributed by atoms with Gasteiger partial charge in [0.15, 0.2) is 0 Å². The van der Waals surface area contributed by atoms with Crippen molar-refractivity contribution in [2.75, 3.05) is 11.9 Å². The fraction of sp³-hybridized carbons (Fsp3) is 0.120. The highest BCUT2D eigenvalue weighted by Gasteiger charge is 2.38. The Labute approximate surface area is 197 Å². The van der Waals surface area contributed by atoms with E-state index >= 15 is 0 Å². The summed E-state index contributed by atoms with van der Waals surface area (Å²) in [5.41, 5.74) is 1.83. The van der Waals surface area contributed by atoms with E-state index in [9.17, 15) is 23.9 Å². The molecule has 1 atom stereocenters. The Morgan fingerprint density at radius 3 is 2.35 bits per heavy atom. The Morgan fingerprint density at radius 2 is 1.74 bits per heavy atom. The molecule has 9 heteroatoms. The molecule has 1 aliphatic heterocycles. The molecule has 2 N–H and O–H groups in total. The molecule has 5 rings (SSSR count). The van der Waals surface area contributed by atoms with E-state index in [1.54, 1.807) is 48.5 Å². The van der Waals surface area contributed by atoms with Crippen LogP contribution in [0, 0.1) is 5.82 Å². The van der Waals surface area contributed by atoms with Crippen molar-refractivity contribution >= 4 is 44.1 Å². The summed E-state index contributed by atoms with van der Waals surface area (Å²) in [5.74, 6) is -2.74. The van der Waals surface area contributed by atoms with Gasteiger partial charge in [-0.2, -0.15) is 0 Å².